The summed E-state index contributed by atoms with van der Waals surface area (Å²) in [4.78, 5) is 16.1. The van der Waals surface area contributed by atoms with Gasteiger partial charge in [0.25, 0.3) is 5.69 Å². The number of halogens is 2. The lowest BCUT2D eigenvalue weighted by Crippen LogP contribution is -2.42. The molecule has 0 saturated heterocycles. The summed E-state index contributed by atoms with van der Waals surface area (Å²) < 4.78 is 29.0. The fraction of sp³-hybridized carbons (Fsp3) is 0.353. The maximum Gasteiger partial charge on any atom is 0.270 e. The normalized spacial score (nSPS) is 11.7. The van der Waals surface area contributed by atoms with E-state index in [4.69, 9.17) is 11.6 Å². The fourth-order valence-corrected chi connectivity index (χ4v) is 3.98. The van der Waals surface area contributed by atoms with Gasteiger partial charge in [0.15, 0.2) is 5.96 Å². The van der Waals surface area contributed by atoms with Gasteiger partial charge in [-0.3, -0.25) is 15.1 Å². The zero-order chi connectivity index (χ0) is 21.6. The van der Waals surface area contributed by atoms with Crippen LogP contribution in [0.1, 0.15) is 5.69 Å². The highest BCUT2D eigenvalue weighted by molar-refractivity contribution is 14.0. The smallest absolute Gasteiger partial charge is 0.270 e. The molecule has 0 spiro atoms. The molecule has 0 bridgehead atoms. The van der Waals surface area contributed by atoms with Gasteiger partial charge in [0.05, 0.1) is 21.4 Å². The van der Waals surface area contributed by atoms with E-state index in [0.717, 1.165) is 11.8 Å². The van der Waals surface area contributed by atoms with Crippen LogP contribution in [-0.4, -0.2) is 56.0 Å². The van der Waals surface area contributed by atoms with Crippen LogP contribution >= 0.6 is 35.6 Å². The van der Waals surface area contributed by atoms with Gasteiger partial charge in [0.2, 0.25) is 10.0 Å². The summed E-state index contributed by atoms with van der Waals surface area (Å²) >= 11 is 6.00. The third kappa shape index (κ3) is 7.11. The number of sulfonamides is 1. The van der Waals surface area contributed by atoms with Gasteiger partial charge in [0.1, 0.15) is 0 Å². The number of nitrogens with one attached hydrogen (secondary N) is 2. The molecule has 0 saturated carbocycles. The van der Waals surface area contributed by atoms with Gasteiger partial charge in [-0.15, -0.1) is 24.0 Å². The first-order valence-electron chi connectivity index (χ1n) is 8.60. The van der Waals surface area contributed by atoms with Crippen molar-refractivity contribution in [2.75, 3.05) is 27.2 Å². The lowest BCUT2D eigenvalue weighted by molar-refractivity contribution is -0.385. The largest absolute Gasteiger partial charge is 0.355 e. The van der Waals surface area contributed by atoms with E-state index in [-0.39, 0.29) is 47.6 Å². The van der Waals surface area contributed by atoms with E-state index in [1.54, 1.807) is 7.05 Å². The summed E-state index contributed by atoms with van der Waals surface area (Å²) in [6.45, 7) is 0.912. The first-order valence-corrected chi connectivity index (χ1v) is 10.5. The maximum atomic E-state index is 12.3. The Labute approximate surface area is 197 Å². The molecule has 1 aromatic carbocycles. The average molecular weight is 571 g/mol. The summed E-state index contributed by atoms with van der Waals surface area (Å²) in [7, 11) is 1.52. The fourth-order valence-electron chi connectivity index (χ4n) is 2.63. The molecule has 166 valence electrons. The number of non-ortho nitro benzene ring substituents is 1. The molecule has 0 fully saturated rings. The van der Waals surface area contributed by atoms with Gasteiger partial charge in [-0.1, -0.05) is 17.7 Å². The van der Waals surface area contributed by atoms with E-state index in [1.165, 1.54) is 18.2 Å². The van der Waals surface area contributed by atoms with Crippen LogP contribution in [-0.2, 0) is 23.6 Å². The van der Waals surface area contributed by atoms with E-state index in [1.807, 2.05) is 35.8 Å². The van der Waals surface area contributed by atoms with Gasteiger partial charge < -0.3 is 14.8 Å². The summed E-state index contributed by atoms with van der Waals surface area (Å²) in [5.74, 6) is 0.580. The van der Waals surface area contributed by atoms with Crippen molar-refractivity contribution < 1.29 is 13.3 Å². The Bertz CT molecular complexity index is 1010. The molecule has 0 amide bonds. The van der Waals surface area contributed by atoms with Gasteiger partial charge in [0, 0.05) is 58.3 Å². The van der Waals surface area contributed by atoms with E-state index < -0.39 is 14.9 Å². The number of nitrogens with zero attached hydrogens (tertiary/aromatic N) is 4. The van der Waals surface area contributed by atoms with Gasteiger partial charge in [-0.25, -0.2) is 13.1 Å². The van der Waals surface area contributed by atoms with Crippen LogP contribution in [0.25, 0.3) is 0 Å². The van der Waals surface area contributed by atoms with Crippen molar-refractivity contribution in [1.29, 1.82) is 0 Å². The van der Waals surface area contributed by atoms with Crippen molar-refractivity contribution in [3.8, 4) is 0 Å². The Morgan fingerprint density at radius 1 is 1.33 bits per heavy atom. The maximum absolute atomic E-state index is 12.3. The molecule has 0 aliphatic rings. The lowest BCUT2D eigenvalue weighted by Gasteiger charge is -2.22. The minimum absolute atomic E-state index is 0. The number of guanidine groups is 1. The van der Waals surface area contributed by atoms with Crippen LogP contribution in [0.2, 0.25) is 5.02 Å². The standard InChI is InChI=1S/C17H23ClN6O4S.HI/c1-19-17(23(3)12-15-9-13(18)11-22(15)2)20-7-8-21-29(27,28)16-6-4-5-14(10-16)24(25)26;/h4-6,9-11,21H,7-8,12H2,1-3H3,(H,19,20);1H. The van der Waals surface area contributed by atoms with Crippen molar-refractivity contribution >= 4 is 57.2 Å². The van der Waals surface area contributed by atoms with E-state index >= 15 is 0 Å². The first-order chi connectivity index (χ1) is 13.6. The number of rotatable bonds is 8. The van der Waals surface area contributed by atoms with Crippen LogP contribution in [0, 0.1) is 10.1 Å². The Morgan fingerprint density at radius 2 is 2.03 bits per heavy atom. The summed E-state index contributed by atoms with van der Waals surface area (Å²) in [5.41, 5.74) is 0.709. The van der Waals surface area contributed by atoms with Crippen LogP contribution in [0.5, 0.6) is 0 Å². The zero-order valence-electron chi connectivity index (χ0n) is 16.7. The molecule has 13 heteroatoms. The zero-order valence-corrected chi connectivity index (χ0v) is 20.6. The molecule has 0 atom stereocenters. The highest BCUT2D eigenvalue weighted by Crippen LogP contribution is 2.17. The number of hydrogen-bond donors (Lipinski definition) is 2. The number of aliphatic imine (C=N–C) groups is 1. The molecule has 2 rings (SSSR count). The molecule has 1 aromatic heterocycles. The monoisotopic (exact) mass is 570 g/mol. The van der Waals surface area contributed by atoms with Crippen molar-refractivity contribution in [2.24, 2.45) is 12.0 Å². The molecular weight excluding hydrogens is 547 g/mol. The predicted octanol–water partition coefficient (Wildman–Crippen LogP) is 2.19. The number of hydrogen-bond acceptors (Lipinski definition) is 5. The van der Waals surface area contributed by atoms with Crippen molar-refractivity contribution in [3.05, 3.63) is 57.4 Å². The second kappa shape index (κ2) is 11.5. The highest BCUT2D eigenvalue weighted by atomic mass is 127. The molecular formula is C17H24ClIN6O4S. The lowest BCUT2D eigenvalue weighted by atomic mass is 10.3. The summed E-state index contributed by atoms with van der Waals surface area (Å²) in [6, 6.07) is 6.75. The molecule has 1 heterocycles. The highest BCUT2D eigenvalue weighted by Gasteiger charge is 2.17. The Morgan fingerprint density at radius 3 is 2.60 bits per heavy atom. The number of aryl methyl sites for hydroxylation is 1. The minimum atomic E-state index is -3.86. The van der Waals surface area contributed by atoms with E-state index in [9.17, 15) is 18.5 Å². The second-order valence-corrected chi connectivity index (χ2v) is 8.45. The van der Waals surface area contributed by atoms with Crippen LogP contribution in [0.3, 0.4) is 0 Å². The predicted molar refractivity (Wildman–Crippen MR) is 127 cm³/mol. The Kier molecular flexibility index (Phi) is 10.0. The van der Waals surface area contributed by atoms with Gasteiger partial charge >= 0.3 is 0 Å². The summed E-state index contributed by atoms with van der Waals surface area (Å²) in [6.07, 6.45) is 1.81. The molecule has 10 nitrogen and oxygen atoms in total. The van der Waals surface area contributed by atoms with Crippen LogP contribution in [0.4, 0.5) is 5.69 Å². The molecule has 2 N–H and O–H groups in total. The van der Waals surface area contributed by atoms with Gasteiger partial charge in [-0.2, -0.15) is 0 Å². The third-order valence-electron chi connectivity index (χ3n) is 4.09. The molecule has 0 unspecified atom stereocenters. The number of nitro groups is 1. The van der Waals surface area contributed by atoms with Crippen LogP contribution in [0.15, 0.2) is 46.4 Å². The molecule has 0 aliphatic heterocycles. The number of aromatic nitrogens is 1. The van der Waals surface area contributed by atoms with Crippen LogP contribution < -0.4 is 10.0 Å². The quantitative estimate of drug-likeness (QED) is 0.125. The average Bonchev–Trinajstić information content (AvgIpc) is 2.98. The number of benzene rings is 1. The molecule has 2 aromatic rings. The summed E-state index contributed by atoms with van der Waals surface area (Å²) in [5, 5.41) is 14.5. The van der Waals surface area contributed by atoms with Gasteiger partial charge in [-0.05, 0) is 12.1 Å². The van der Waals surface area contributed by atoms with Crippen molar-refractivity contribution in [1.82, 2.24) is 19.5 Å². The first kappa shape index (κ1) is 26.1. The molecule has 0 radical (unpaired) electrons. The van der Waals surface area contributed by atoms with Crippen molar-refractivity contribution in [3.63, 3.8) is 0 Å². The minimum Gasteiger partial charge on any atom is -0.355 e. The SMILES string of the molecule is CN=C(NCCNS(=O)(=O)c1cccc([N+](=O)[O-])c1)N(C)Cc1cc(Cl)cn1C.I. The Balaban J connectivity index is 0.00000450. The Hall–Kier alpha value is -1.90. The molecule has 30 heavy (non-hydrogen) atoms. The number of nitro benzene ring substituents is 1. The van der Waals surface area contributed by atoms with E-state index in [0.29, 0.717) is 17.5 Å². The molecule has 0 aliphatic carbocycles. The second-order valence-electron chi connectivity index (χ2n) is 6.24. The van der Waals surface area contributed by atoms with E-state index in [2.05, 4.69) is 15.0 Å². The van der Waals surface area contributed by atoms with Crippen molar-refractivity contribution in [2.45, 2.75) is 11.4 Å². The third-order valence-corrected chi connectivity index (χ3v) is 5.75. The topological polar surface area (TPSA) is 122 Å².